The lowest BCUT2D eigenvalue weighted by Crippen LogP contribution is -2.12. The van der Waals surface area contributed by atoms with Crippen molar-refractivity contribution in [2.75, 3.05) is 7.11 Å². The molecule has 1 heteroatoms. The van der Waals surface area contributed by atoms with Gasteiger partial charge in [0.05, 0.1) is 6.10 Å². The molecule has 1 rings (SSSR count). The Morgan fingerprint density at radius 1 is 1.27 bits per heavy atom. The van der Waals surface area contributed by atoms with Crippen LogP contribution in [0.1, 0.15) is 51.3 Å². The van der Waals surface area contributed by atoms with E-state index in [2.05, 4.69) is 52.0 Å². The minimum Gasteiger partial charge on any atom is -0.377 e. The fourth-order valence-corrected chi connectivity index (χ4v) is 1.74. The normalized spacial score (nSPS) is 13.9. The Labute approximate surface area is 93.5 Å². The summed E-state index contributed by atoms with van der Waals surface area (Å²) in [5, 5.41) is 0. The van der Waals surface area contributed by atoms with E-state index in [0.29, 0.717) is 0 Å². The number of benzene rings is 1. The van der Waals surface area contributed by atoms with Crippen LogP contribution in [0.15, 0.2) is 24.3 Å². The van der Waals surface area contributed by atoms with Crippen molar-refractivity contribution in [1.82, 2.24) is 0 Å². The number of hydrogen-bond donors (Lipinski definition) is 0. The lowest BCUT2D eigenvalue weighted by atomic mass is 9.85. The van der Waals surface area contributed by atoms with Gasteiger partial charge in [-0.2, -0.15) is 0 Å². The van der Waals surface area contributed by atoms with Gasteiger partial charge in [0.15, 0.2) is 0 Å². The zero-order valence-electron chi connectivity index (χ0n) is 10.5. The number of hydrogen-bond acceptors (Lipinski definition) is 1. The van der Waals surface area contributed by atoms with Crippen molar-refractivity contribution in [3.63, 3.8) is 0 Å². The maximum atomic E-state index is 5.45. The molecule has 1 aromatic rings. The second kappa shape index (κ2) is 4.80. The van der Waals surface area contributed by atoms with E-state index < -0.39 is 0 Å². The van der Waals surface area contributed by atoms with Gasteiger partial charge in [0, 0.05) is 7.11 Å². The van der Waals surface area contributed by atoms with E-state index in [-0.39, 0.29) is 11.5 Å². The molecule has 0 aliphatic rings. The Morgan fingerprint density at radius 3 is 2.40 bits per heavy atom. The van der Waals surface area contributed by atoms with Crippen molar-refractivity contribution in [2.45, 2.75) is 45.6 Å². The summed E-state index contributed by atoms with van der Waals surface area (Å²) in [7, 11) is 1.78. The first kappa shape index (κ1) is 12.3. The van der Waals surface area contributed by atoms with Gasteiger partial charge in [0.1, 0.15) is 0 Å². The summed E-state index contributed by atoms with van der Waals surface area (Å²) in [6.07, 6.45) is 1.25. The smallest absolute Gasteiger partial charge is 0.0818 e. The second-order valence-electron chi connectivity index (χ2n) is 5.01. The predicted octanol–water partition coefficient (Wildman–Crippen LogP) is 4.08. The molecule has 0 spiro atoms. The lowest BCUT2D eigenvalue weighted by molar-refractivity contribution is 0.0999. The van der Waals surface area contributed by atoms with Crippen LogP contribution in [0, 0.1) is 0 Å². The van der Waals surface area contributed by atoms with E-state index in [1.165, 1.54) is 11.1 Å². The third-order valence-electron chi connectivity index (χ3n) is 2.78. The Balaban J connectivity index is 3.02. The van der Waals surface area contributed by atoms with Crippen molar-refractivity contribution in [2.24, 2.45) is 0 Å². The Morgan fingerprint density at radius 2 is 1.93 bits per heavy atom. The summed E-state index contributed by atoms with van der Waals surface area (Å²) in [4.78, 5) is 0. The fraction of sp³-hybridized carbons (Fsp3) is 0.571. The molecule has 0 aliphatic carbocycles. The highest BCUT2D eigenvalue weighted by molar-refractivity contribution is 5.29. The van der Waals surface area contributed by atoms with E-state index in [0.717, 1.165) is 6.42 Å². The minimum absolute atomic E-state index is 0.210. The average Bonchev–Trinajstić information content (AvgIpc) is 2.19. The quantitative estimate of drug-likeness (QED) is 0.724. The van der Waals surface area contributed by atoms with Crippen LogP contribution in [0.2, 0.25) is 0 Å². The molecule has 15 heavy (non-hydrogen) atoms. The Hall–Kier alpha value is -0.820. The van der Waals surface area contributed by atoms with Crippen molar-refractivity contribution < 1.29 is 4.74 Å². The van der Waals surface area contributed by atoms with Gasteiger partial charge in [-0.25, -0.2) is 0 Å². The molecule has 0 bridgehead atoms. The van der Waals surface area contributed by atoms with Gasteiger partial charge in [-0.3, -0.25) is 0 Å². The van der Waals surface area contributed by atoms with Gasteiger partial charge in [-0.05, 0) is 23.0 Å². The maximum absolute atomic E-state index is 5.45. The summed E-state index contributed by atoms with van der Waals surface area (Å²) in [5.74, 6) is 0. The van der Waals surface area contributed by atoms with Gasteiger partial charge >= 0.3 is 0 Å². The largest absolute Gasteiger partial charge is 0.377 e. The lowest BCUT2D eigenvalue weighted by Gasteiger charge is -2.21. The highest BCUT2D eigenvalue weighted by atomic mass is 16.5. The molecular weight excluding hydrogens is 184 g/mol. The standard InChI is InChI=1S/C14H22O/c1-6-13(15-5)11-8-7-9-12(10-11)14(2,3)4/h7-10,13H,6H2,1-5H3. The van der Waals surface area contributed by atoms with Crippen LogP contribution in [0.4, 0.5) is 0 Å². The van der Waals surface area contributed by atoms with Crippen molar-refractivity contribution in [1.29, 1.82) is 0 Å². The van der Waals surface area contributed by atoms with Crippen LogP contribution in [0.5, 0.6) is 0 Å². The van der Waals surface area contributed by atoms with Crippen LogP contribution in [-0.2, 0) is 10.2 Å². The van der Waals surface area contributed by atoms with Gasteiger partial charge in [-0.15, -0.1) is 0 Å². The molecule has 0 aromatic heterocycles. The molecule has 0 aliphatic heterocycles. The molecule has 1 unspecified atom stereocenters. The Kier molecular flexibility index (Phi) is 3.92. The highest BCUT2D eigenvalue weighted by Crippen LogP contribution is 2.27. The van der Waals surface area contributed by atoms with E-state index in [1.54, 1.807) is 7.11 Å². The molecule has 84 valence electrons. The third-order valence-corrected chi connectivity index (χ3v) is 2.78. The van der Waals surface area contributed by atoms with Gasteiger partial charge in [-0.1, -0.05) is 52.0 Å². The molecule has 0 amide bonds. The molecule has 1 nitrogen and oxygen atoms in total. The molecule has 0 saturated heterocycles. The summed E-state index contributed by atoms with van der Waals surface area (Å²) in [6.45, 7) is 8.86. The van der Waals surface area contributed by atoms with E-state index in [9.17, 15) is 0 Å². The van der Waals surface area contributed by atoms with Gasteiger partial charge in [0.25, 0.3) is 0 Å². The number of methoxy groups -OCH3 is 1. The molecule has 0 saturated carbocycles. The Bertz CT molecular complexity index is 305. The minimum atomic E-state index is 0.210. The average molecular weight is 206 g/mol. The van der Waals surface area contributed by atoms with Crippen LogP contribution in [-0.4, -0.2) is 7.11 Å². The maximum Gasteiger partial charge on any atom is 0.0818 e. The number of rotatable bonds is 3. The molecule has 1 atom stereocenters. The highest BCUT2D eigenvalue weighted by Gasteiger charge is 2.15. The zero-order valence-corrected chi connectivity index (χ0v) is 10.5. The molecule has 0 radical (unpaired) electrons. The summed E-state index contributed by atoms with van der Waals surface area (Å²) in [5.41, 5.74) is 2.87. The molecular formula is C14H22O. The van der Waals surface area contributed by atoms with E-state index in [1.807, 2.05) is 0 Å². The monoisotopic (exact) mass is 206 g/mol. The zero-order chi connectivity index (χ0) is 11.5. The SMILES string of the molecule is CCC(OC)c1cccc(C(C)(C)C)c1. The van der Waals surface area contributed by atoms with Crippen LogP contribution in [0.3, 0.4) is 0 Å². The fourth-order valence-electron chi connectivity index (χ4n) is 1.74. The van der Waals surface area contributed by atoms with Crippen molar-refractivity contribution >= 4 is 0 Å². The summed E-state index contributed by atoms with van der Waals surface area (Å²) >= 11 is 0. The van der Waals surface area contributed by atoms with E-state index in [4.69, 9.17) is 4.74 Å². The van der Waals surface area contributed by atoms with E-state index >= 15 is 0 Å². The van der Waals surface area contributed by atoms with Crippen LogP contribution < -0.4 is 0 Å². The van der Waals surface area contributed by atoms with Crippen LogP contribution >= 0.6 is 0 Å². The van der Waals surface area contributed by atoms with Crippen molar-refractivity contribution in [3.8, 4) is 0 Å². The first-order valence-corrected chi connectivity index (χ1v) is 5.62. The van der Waals surface area contributed by atoms with Gasteiger partial charge < -0.3 is 4.74 Å². The molecule has 0 fully saturated rings. The first-order chi connectivity index (χ1) is 6.99. The molecule has 0 N–H and O–H groups in total. The summed E-state index contributed by atoms with van der Waals surface area (Å²) in [6, 6.07) is 8.72. The molecule has 1 aromatic carbocycles. The predicted molar refractivity (Wildman–Crippen MR) is 65.2 cm³/mol. The van der Waals surface area contributed by atoms with Crippen molar-refractivity contribution in [3.05, 3.63) is 35.4 Å². The topological polar surface area (TPSA) is 9.23 Å². The second-order valence-corrected chi connectivity index (χ2v) is 5.01. The first-order valence-electron chi connectivity index (χ1n) is 5.62. The van der Waals surface area contributed by atoms with Crippen LogP contribution in [0.25, 0.3) is 0 Å². The van der Waals surface area contributed by atoms with Gasteiger partial charge in [0.2, 0.25) is 0 Å². The summed E-state index contributed by atoms with van der Waals surface area (Å²) < 4.78 is 5.45. The number of ether oxygens (including phenoxy) is 1. The molecule has 0 heterocycles. The third kappa shape index (κ3) is 3.07.